The van der Waals surface area contributed by atoms with Crippen molar-refractivity contribution in [3.63, 3.8) is 0 Å². The number of nitrogens with two attached hydrogens (primary N) is 1. The summed E-state index contributed by atoms with van der Waals surface area (Å²) >= 11 is 3.58. The van der Waals surface area contributed by atoms with E-state index in [0.29, 0.717) is 5.41 Å². The summed E-state index contributed by atoms with van der Waals surface area (Å²) in [6.45, 7) is 0.802. The van der Waals surface area contributed by atoms with Crippen LogP contribution in [0.5, 0.6) is 5.75 Å². The minimum atomic E-state index is 0.300. The SMILES string of the molecule is COc1ccc(CC2(CN)CCCCCCC2)cc1Br. The standard InChI is InChI=1S/C17H26BrNO/c1-20-16-8-7-14(11-15(16)18)12-17(13-19)9-5-3-2-4-6-10-17/h7-8,11H,2-6,9-10,12-13,19H2,1H3. The maximum absolute atomic E-state index is 6.16. The molecule has 0 saturated heterocycles. The van der Waals surface area contributed by atoms with Crippen molar-refractivity contribution < 1.29 is 4.74 Å². The minimum Gasteiger partial charge on any atom is -0.496 e. The fourth-order valence-corrected chi connectivity index (χ4v) is 3.95. The number of hydrogen-bond acceptors (Lipinski definition) is 2. The highest BCUT2D eigenvalue weighted by Gasteiger charge is 2.29. The molecular formula is C17H26BrNO. The van der Waals surface area contributed by atoms with Crippen LogP contribution >= 0.6 is 15.9 Å². The molecule has 0 heterocycles. The van der Waals surface area contributed by atoms with Crippen LogP contribution in [0.1, 0.15) is 50.5 Å². The Labute approximate surface area is 131 Å². The summed E-state index contributed by atoms with van der Waals surface area (Å²) in [6, 6.07) is 6.42. The summed E-state index contributed by atoms with van der Waals surface area (Å²) in [4.78, 5) is 0. The summed E-state index contributed by atoms with van der Waals surface area (Å²) in [5.41, 5.74) is 7.83. The summed E-state index contributed by atoms with van der Waals surface area (Å²) < 4.78 is 6.34. The van der Waals surface area contributed by atoms with E-state index in [1.165, 1.54) is 50.5 Å². The number of rotatable bonds is 4. The lowest BCUT2D eigenvalue weighted by Gasteiger charge is -2.34. The van der Waals surface area contributed by atoms with E-state index in [4.69, 9.17) is 10.5 Å². The van der Waals surface area contributed by atoms with Gasteiger partial charge in [0.2, 0.25) is 0 Å². The van der Waals surface area contributed by atoms with Crippen molar-refractivity contribution in [1.29, 1.82) is 0 Å². The van der Waals surface area contributed by atoms with E-state index in [1.807, 2.05) is 6.07 Å². The van der Waals surface area contributed by atoms with Crippen molar-refractivity contribution in [2.75, 3.05) is 13.7 Å². The molecule has 0 unspecified atom stereocenters. The second-order valence-electron chi connectivity index (χ2n) is 6.12. The molecule has 0 bridgehead atoms. The Hall–Kier alpha value is -0.540. The van der Waals surface area contributed by atoms with Gasteiger partial charge >= 0.3 is 0 Å². The fraction of sp³-hybridized carbons (Fsp3) is 0.647. The molecule has 20 heavy (non-hydrogen) atoms. The zero-order chi connectivity index (χ0) is 14.4. The highest BCUT2D eigenvalue weighted by molar-refractivity contribution is 9.10. The maximum Gasteiger partial charge on any atom is 0.133 e. The molecule has 1 fully saturated rings. The lowest BCUT2D eigenvalue weighted by Crippen LogP contribution is -2.33. The first-order chi connectivity index (χ1) is 9.69. The number of hydrogen-bond donors (Lipinski definition) is 1. The van der Waals surface area contributed by atoms with Crippen molar-refractivity contribution in [3.8, 4) is 5.75 Å². The Kier molecular flexibility index (Phi) is 5.91. The molecule has 0 spiro atoms. The quantitative estimate of drug-likeness (QED) is 0.863. The molecule has 0 atom stereocenters. The number of ether oxygens (including phenoxy) is 1. The first-order valence-corrected chi connectivity index (χ1v) is 8.51. The van der Waals surface area contributed by atoms with Crippen molar-refractivity contribution in [2.24, 2.45) is 11.1 Å². The lowest BCUT2D eigenvalue weighted by atomic mass is 9.72. The average Bonchev–Trinajstić information content (AvgIpc) is 2.42. The molecular weight excluding hydrogens is 314 g/mol. The predicted octanol–water partition coefficient (Wildman–Crippen LogP) is 4.69. The molecule has 1 saturated carbocycles. The van der Waals surface area contributed by atoms with Crippen LogP contribution < -0.4 is 10.5 Å². The van der Waals surface area contributed by atoms with Crippen LogP contribution in [-0.4, -0.2) is 13.7 Å². The molecule has 3 heteroatoms. The van der Waals surface area contributed by atoms with E-state index < -0.39 is 0 Å². The van der Waals surface area contributed by atoms with Crippen molar-refractivity contribution in [1.82, 2.24) is 0 Å². The van der Waals surface area contributed by atoms with Crippen LogP contribution in [0.2, 0.25) is 0 Å². The van der Waals surface area contributed by atoms with Gasteiger partial charge in [-0.25, -0.2) is 0 Å². The van der Waals surface area contributed by atoms with E-state index >= 15 is 0 Å². The first-order valence-electron chi connectivity index (χ1n) is 7.72. The Balaban J connectivity index is 2.13. The van der Waals surface area contributed by atoms with Crippen molar-refractivity contribution in [3.05, 3.63) is 28.2 Å². The van der Waals surface area contributed by atoms with E-state index in [1.54, 1.807) is 7.11 Å². The lowest BCUT2D eigenvalue weighted by molar-refractivity contribution is 0.217. The summed E-state index contributed by atoms with van der Waals surface area (Å²) in [6.07, 6.45) is 10.4. The molecule has 1 aromatic rings. The number of benzene rings is 1. The van der Waals surface area contributed by atoms with Gasteiger partial charge in [-0.2, -0.15) is 0 Å². The zero-order valence-corrected chi connectivity index (χ0v) is 14.0. The third kappa shape index (κ3) is 3.98. The predicted molar refractivity (Wildman–Crippen MR) is 88.2 cm³/mol. The van der Waals surface area contributed by atoms with E-state index in [2.05, 4.69) is 28.1 Å². The molecule has 2 rings (SSSR count). The van der Waals surface area contributed by atoms with Gasteiger partial charge in [0.25, 0.3) is 0 Å². The number of halogens is 1. The molecule has 2 nitrogen and oxygen atoms in total. The Morgan fingerprint density at radius 2 is 1.80 bits per heavy atom. The molecule has 0 amide bonds. The highest BCUT2D eigenvalue weighted by atomic mass is 79.9. The number of methoxy groups -OCH3 is 1. The molecule has 0 aromatic heterocycles. The minimum absolute atomic E-state index is 0.300. The molecule has 112 valence electrons. The van der Waals surface area contributed by atoms with Crippen LogP contribution in [0.15, 0.2) is 22.7 Å². The van der Waals surface area contributed by atoms with Gasteiger partial charge < -0.3 is 10.5 Å². The molecule has 1 aromatic carbocycles. The van der Waals surface area contributed by atoms with Crippen molar-refractivity contribution in [2.45, 2.75) is 51.4 Å². The second-order valence-corrected chi connectivity index (χ2v) is 6.97. The van der Waals surface area contributed by atoms with Gasteiger partial charge in [-0.05, 0) is 64.8 Å². The van der Waals surface area contributed by atoms with Crippen LogP contribution in [0, 0.1) is 5.41 Å². The summed E-state index contributed by atoms with van der Waals surface area (Å²) in [7, 11) is 1.70. The largest absolute Gasteiger partial charge is 0.496 e. The van der Waals surface area contributed by atoms with Crippen LogP contribution in [0.4, 0.5) is 0 Å². The van der Waals surface area contributed by atoms with Crippen LogP contribution in [0.3, 0.4) is 0 Å². The van der Waals surface area contributed by atoms with Gasteiger partial charge in [0.1, 0.15) is 5.75 Å². The summed E-state index contributed by atoms with van der Waals surface area (Å²) in [5, 5.41) is 0. The van der Waals surface area contributed by atoms with Crippen LogP contribution in [0.25, 0.3) is 0 Å². The van der Waals surface area contributed by atoms with Crippen molar-refractivity contribution >= 4 is 15.9 Å². The third-order valence-corrected chi connectivity index (χ3v) is 5.26. The molecule has 1 aliphatic carbocycles. The molecule has 0 aliphatic heterocycles. The van der Waals surface area contributed by atoms with E-state index in [0.717, 1.165) is 23.2 Å². The third-order valence-electron chi connectivity index (χ3n) is 4.64. The first kappa shape index (κ1) is 15.8. The topological polar surface area (TPSA) is 35.2 Å². The monoisotopic (exact) mass is 339 g/mol. The maximum atomic E-state index is 6.16. The normalized spacial score (nSPS) is 19.1. The zero-order valence-electron chi connectivity index (χ0n) is 12.5. The van der Waals surface area contributed by atoms with E-state index in [-0.39, 0.29) is 0 Å². The molecule has 0 radical (unpaired) electrons. The Morgan fingerprint density at radius 1 is 1.15 bits per heavy atom. The van der Waals surface area contributed by atoms with Crippen LogP contribution in [-0.2, 0) is 6.42 Å². The van der Waals surface area contributed by atoms with Gasteiger partial charge in [0.15, 0.2) is 0 Å². The smallest absolute Gasteiger partial charge is 0.133 e. The summed E-state index contributed by atoms with van der Waals surface area (Å²) in [5.74, 6) is 0.896. The Morgan fingerprint density at radius 3 is 2.35 bits per heavy atom. The fourth-order valence-electron chi connectivity index (χ4n) is 3.36. The average molecular weight is 340 g/mol. The van der Waals surface area contributed by atoms with Gasteiger partial charge in [-0.15, -0.1) is 0 Å². The highest BCUT2D eigenvalue weighted by Crippen LogP contribution is 2.37. The second kappa shape index (κ2) is 7.46. The van der Waals surface area contributed by atoms with Gasteiger partial charge in [0.05, 0.1) is 11.6 Å². The van der Waals surface area contributed by atoms with E-state index in [9.17, 15) is 0 Å². The Bertz CT molecular complexity index is 425. The molecule has 2 N–H and O–H groups in total. The van der Waals surface area contributed by atoms with Gasteiger partial charge in [0, 0.05) is 0 Å². The molecule has 1 aliphatic rings. The van der Waals surface area contributed by atoms with Gasteiger partial charge in [-0.1, -0.05) is 38.2 Å². The van der Waals surface area contributed by atoms with Gasteiger partial charge in [-0.3, -0.25) is 0 Å².